The minimum absolute atomic E-state index is 0.0945. The van der Waals surface area contributed by atoms with Crippen molar-refractivity contribution < 1.29 is 4.79 Å². The Morgan fingerprint density at radius 1 is 1.50 bits per heavy atom. The van der Waals surface area contributed by atoms with Crippen LogP contribution in [0, 0.1) is 0 Å². The lowest BCUT2D eigenvalue weighted by Gasteiger charge is -2.01. The molecule has 18 heavy (non-hydrogen) atoms. The van der Waals surface area contributed by atoms with Crippen LogP contribution in [-0.2, 0) is 0 Å². The molecule has 0 unspecified atom stereocenters. The topological polar surface area (TPSA) is 42.0 Å². The van der Waals surface area contributed by atoms with Gasteiger partial charge in [0, 0.05) is 18.9 Å². The summed E-state index contributed by atoms with van der Waals surface area (Å²) in [6, 6.07) is 3.50. The number of amides is 1. The summed E-state index contributed by atoms with van der Waals surface area (Å²) >= 11 is 0. The van der Waals surface area contributed by atoms with Gasteiger partial charge in [0.05, 0.1) is 5.56 Å². The number of carbonyl (C=O) groups excluding carboxylic acids is 1. The van der Waals surface area contributed by atoms with Gasteiger partial charge < -0.3 is 5.32 Å². The average Bonchev–Trinajstić information content (AvgIpc) is 2.42. The summed E-state index contributed by atoms with van der Waals surface area (Å²) in [4.78, 5) is 15.6. The Hall–Kier alpha value is -1.90. The van der Waals surface area contributed by atoms with E-state index in [4.69, 9.17) is 0 Å². The van der Waals surface area contributed by atoms with Crippen molar-refractivity contribution >= 4 is 5.91 Å². The quantitative estimate of drug-likeness (QED) is 0.781. The molecule has 0 aromatic carbocycles. The lowest BCUT2D eigenvalue weighted by atomic mass is 10.2. The van der Waals surface area contributed by atoms with Gasteiger partial charge in [-0.25, -0.2) is 0 Å². The highest BCUT2D eigenvalue weighted by atomic mass is 16.1. The number of rotatable bonds is 6. The van der Waals surface area contributed by atoms with E-state index in [1.165, 1.54) is 5.57 Å². The highest BCUT2D eigenvalue weighted by Gasteiger charge is 2.01. The van der Waals surface area contributed by atoms with Crippen LogP contribution in [0.1, 0.15) is 37.0 Å². The fourth-order valence-electron chi connectivity index (χ4n) is 1.44. The van der Waals surface area contributed by atoms with Gasteiger partial charge in [0.1, 0.15) is 0 Å². The lowest BCUT2D eigenvalue weighted by Crippen LogP contribution is -2.23. The first-order valence-corrected chi connectivity index (χ1v) is 6.25. The molecule has 1 heterocycles. The van der Waals surface area contributed by atoms with E-state index >= 15 is 0 Å². The van der Waals surface area contributed by atoms with Gasteiger partial charge in [-0.15, -0.1) is 0 Å². The lowest BCUT2D eigenvalue weighted by molar-refractivity contribution is 0.0957. The summed E-state index contributed by atoms with van der Waals surface area (Å²) in [6.45, 7) is 4.75. The minimum atomic E-state index is -0.0945. The third-order valence-electron chi connectivity index (χ3n) is 2.44. The highest BCUT2D eigenvalue weighted by molar-refractivity contribution is 5.93. The normalized spacial score (nSPS) is 11.8. The van der Waals surface area contributed by atoms with E-state index < -0.39 is 0 Å². The predicted molar refractivity (Wildman–Crippen MR) is 74.4 cm³/mol. The first-order chi connectivity index (χ1) is 8.74. The van der Waals surface area contributed by atoms with E-state index in [9.17, 15) is 4.79 Å². The zero-order chi connectivity index (χ0) is 13.2. The summed E-state index contributed by atoms with van der Waals surface area (Å²) in [5, 5.41) is 2.82. The van der Waals surface area contributed by atoms with Gasteiger partial charge in [-0.3, -0.25) is 9.78 Å². The molecule has 0 aliphatic heterocycles. The van der Waals surface area contributed by atoms with E-state index in [0.717, 1.165) is 12.8 Å². The molecule has 0 aliphatic carbocycles. The van der Waals surface area contributed by atoms with Crippen LogP contribution in [0.2, 0.25) is 0 Å². The second kappa shape index (κ2) is 8.23. The number of nitrogens with zero attached hydrogens (tertiary/aromatic N) is 1. The van der Waals surface area contributed by atoms with Crippen LogP contribution in [0.4, 0.5) is 0 Å². The van der Waals surface area contributed by atoms with Crippen molar-refractivity contribution in [3.63, 3.8) is 0 Å². The molecule has 0 spiro atoms. The maximum absolute atomic E-state index is 11.7. The van der Waals surface area contributed by atoms with Crippen LogP contribution in [0.25, 0.3) is 0 Å². The van der Waals surface area contributed by atoms with Crippen molar-refractivity contribution in [1.29, 1.82) is 0 Å². The van der Waals surface area contributed by atoms with Crippen molar-refractivity contribution in [1.82, 2.24) is 10.3 Å². The number of nitrogens with one attached hydrogen (secondary N) is 1. The molecule has 1 aromatic rings. The summed E-state index contributed by atoms with van der Waals surface area (Å²) in [5.74, 6) is -0.0945. The highest BCUT2D eigenvalue weighted by Crippen LogP contribution is 1.99. The van der Waals surface area contributed by atoms with E-state index in [1.54, 1.807) is 24.5 Å². The van der Waals surface area contributed by atoms with Gasteiger partial charge in [0.2, 0.25) is 0 Å². The fourth-order valence-corrected chi connectivity index (χ4v) is 1.44. The molecule has 0 saturated heterocycles. The number of hydrogen-bond acceptors (Lipinski definition) is 2. The Morgan fingerprint density at radius 3 is 3.00 bits per heavy atom. The smallest absolute Gasteiger partial charge is 0.253 e. The molecule has 0 bridgehead atoms. The monoisotopic (exact) mass is 244 g/mol. The Balaban J connectivity index is 2.34. The van der Waals surface area contributed by atoms with Crippen molar-refractivity contribution in [2.75, 3.05) is 6.54 Å². The van der Waals surface area contributed by atoms with Gasteiger partial charge >= 0.3 is 0 Å². The molecule has 3 nitrogen and oxygen atoms in total. The second-order valence-electron chi connectivity index (χ2n) is 4.09. The van der Waals surface area contributed by atoms with Gasteiger partial charge in [-0.05, 0) is 25.5 Å². The molecular weight excluding hydrogens is 224 g/mol. The maximum Gasteiger partial charge on any atom is 0.253 e. The van der Waals surface area contributed by atoms with Crippen LogP contribution in [0.5, 0.6) is 0 Å². The molecule has 0 fully saturated rings. The Kier molecular flexibility index (Phi) is 6.47. The largest absolute Gasteiger partial charge is 0.349 e. The molecule has 0 saturated carbocycles. The molecule has 0 radical (unpaired) electrons. The van der Waals surface area contributed by atoms with Gasteiger partial charge in [0.15, 0.2) is 0 Å². The molecule has 0 atom stereocenters. The Labute approximate surface area is 109 Å². The van der Waals surface area contributed by atoms with Gasteiger partial charge in [-0.1, -0.05) is 37.1 Å². The summed E-state index contributed by atoms with van der Waals surface area (Å²) in [7, 11) is 0. The number of unbranched alkanes of at least 4 members (excludes halogenated alkanes) is 1. The molecule has 1 N–H and O–H groups in total. The molecule has 96 valence electrons. The van der Waals surface area contributed by atoms with Crippen molar-refractivity contribution in [3.05, 3.63) is 53.9 Å². The SMILES string of the molecule is CCCC=C(C)C=CCNC(=O)c1cccnc1. The van der Waals surface area contributed by atoms with Crippen LogP contribution in [-0.4, -0.2) is 17.4 Å². The first kappa shape index (κ1) is 14.2. The molecule has 3 heteroatoms. The predicted octanol–water partition coefficient (Wildman–Crippen LogP) is 3.11. The molecular formula is C15H20N2O. The van der Waals surface area contributed by atoms with Crippen LogP contribution in [0.3, 0.4) is 0 Å². The maximum atomic E-state index is 11.7. The summed E-state index contributed by atoms with van der Waals surface area (Å²) < 4.78 is 0. The van der Waals surface area contributed by atoms with E-state index in [1.807, 2.05) is 12.2 Å². The number of allylic oxidation sites excluding steroid dienone is 3. The fraction of sp³-hybridized carbons (Fsp3) is 0.333. The third kappa shape index (κ3) is 5.43. The standard InChI is InChI=1S/C15H20N2O/c1-3-4-7-13(2)8-5-11-17-15(18)14-9-6-10-16-12-14/h5-10,12H,3-4,11H2,1-2H3,(H,17,18). The minimum Gasteiger partial charge on any atom is -0.349 e. The molecule has 1 aromatic heterocycles. The first-order valence-electron chi connectivity index (χ1n) is 6.25. The zero-order valence-corrected chi connectivity index (χ0v) is 11.0. The van der Waals surface area contributed by atoms with Crippen LogP contribution < -0.4 is 5.32 Å². The molecule has 1 amide bonds. The second-order valence-corrected chi connectivity index (χ2v) is 4.09. The van der Waals surface area contributed by atoms with Crippen molar-refractivity contribution in [2.24, 2.45) is 0 Å². The van der Waals surface area contributed by atoms with Crippen LogP contribution in [0.15, 0.2) is 48.3 Å². The van der Waals surface area contributed by atoms with E-state index in [0.29, 0.717) is 12.1 Å². The van der Waals surface area contributed by atoms with Gasteiger partial charge in [0.25, 0.3) is 5.91 Å². The van der Waals surface area contributed by atoms with E-state index in [2.05, 4.69) is 30.2 Å². The third-order valence-corrected chi connectivity index (χ3v) is 2.44. The zero-order valence-electron chi connectivity index (χ0n) is 11.0. The Morgan fingerprint density at radius 2 is 2.33 bits per heavy atom. The number of pyridine rings is 1. The summed E-state index contributed by atoms with van der Waals surface area (Å²) in [5.41, 5.74) is 1.82. The average molecular weight is 244 g/mol. The number of hydrogen-bond donors (Lipinski definition) is 1. The number of carbonyl (C=O) groups is 1. The van der Waals surface area contributed by atoms with Crippen molar-refractivity contribution in [3.8, 4) is 0 Å². The molecule has 0 aliphatic rings. The molecule has 1 rings (SSSR count). The Bertz CT molecular complexity index is 421. The van der Waals surface area contributed by atoms with E-state index in [-0.39, 0.29) is 5.91 Å². The van der Waals surface area contributed by atoms with Crippen molar-refractivity contribution in [2.45, 2.75) is 26.7 Å². The summed E-state index contributed by atoms with van der Waals surface area (Å²) in [6.07, 6.45) is 11.6. The van der Waals surface area contributed by atoms with Gasteiger partial charge in [-0.2, -0.15) is 0 Å². The van der Waals surface area contributed by atoms with Crippen LogP contribution >= 0.6 is 0 Å². The number of aromatic nitrogens is 1.